The van der Waals surface area contributed by atoms with Gasteiger partial charge in [-0.3, -0.25) is 0 Å². The van der Waals surface area contributed by atoms with Crippen LogP contribution in [0.3, 0.4) is 0 Å². The average Bonchev–Trinajstić information content (AvgIpc) is 3.08. The molecule has 23 heavy (non-hydrogen) atoms. The molecule has 3 heteroatoms. The van der Waals surface area contributed by atoms with Crippen LogP contribution in [0.25, 0.3) is 0 Å². The van der Waals surface area contributed by atoms with Crippen molar-refractivity contribution >= 4 is 0 Å². The van der Waals surface area contributed by atoms with Crippen molar-refractivity contribution in [3.05, 3.63) is 0 Å². The summed E-state index contributed by atoms with van der Waals surface area (Å²) < 4.78 is 2.87. The van der Waals surface area contributed by atoms with E-state index in [0.29, 0.717) is 0 Å². The van der Waals surface area contributed by atoms with Crippen molar-refractivity contribution in [1.29, 1.82) is 0 Å². The van der Waals surface area contributed by atoms with Crippen LogP contribution in [0.15, 0.2) is 0 Å². The Labute approximate surface area is 143 Å². The van der Waals surface area contributed by atoms with E-state index in [0.717, 1.165) is 23.9 Å². The molecule has 0 amide bonds. The summed E-state index contributed by atoms with van der Waals surface area (Å²) in [4.78, 5) is 0. The Bertz CT molecular complexity index is 348. The highest BCUT2D eigenvalue weighted by Crippen LogP contribution is 2.50. The predicted molar refractivity (Wildman–Crippen MR) is 96.2 cm³/mol. The van der Waals surface area contributed by atoms with E-state index in [4.69, 9.17) is 0 Å². The molecule has 2 heterocycles. The zero-order valence-electron chi connectivity index (χ0n) is 15.6. The highest BCUT2D eigenvalue weighted by molar-refractivity contribution is 4.93. The third-order valence-corrected chi connectivity index (χ3v) is 8.40. The van der Waals surface area contributed by atoms with Crippen molar-refractivity contribution in [1.82, 2.24) is 0 Å². The Kier molecular flexibility index (Phi) is 5.11. The molecule has 2 aliphatic carbocycles. The molecule has 0 atom stereocenters. The SMILES string of the molecule is C[N+]1(C2C[C@H]3CC([N+]4(C)CCCCC4)C[C@H]3C2)CCCCC1.O. The molecule has 0 aromatic heterocycles. The van der Waals surface area contributed by atoms with Crippen molar-refractivity contribution in [2.45, 2.75) is 76.3 Å². The summed E-state index contributed by atoms with van der Waals surface area (Å²) in [5.74, 6) is 2.17. The summed E-state index contributed by atoms with van der Waals surface area (Å²) in [6.45, 7) is 5.89. The summed E-state index contributed by atoms with van der Waals surface area (Å²) in [6.07, 6.45) is 15.2. The van der Waals surface area contributed by atoms with E-state index in [1.54, 1.807) is 25.7 Å². The molecule has 2 N–H and O–H groups in total. The molecule has 0 radical (unpaired) electrons. The third kappa shape index (κ3) is 3.21. The van der Waals surface area contributed by atoms with Crippen LogP contribution in [0.2, 0.25) is 0 Å². The number of piperidine rings is 2. The average molecular weight is 325 g/mol. The minimum Gasteiger partial charge on any atom is -0.412 e. The van der Waals surface area contributed by atoms with Crippen LogP contribution < -0.4 is 0 Å². The topological polar surface area (TPSA) is 31.5 Å². The van der Waals surface area contributed by atoms with E-state index in [9.17, 15) is 0 Å². The van der Waals surface area contributed by atoms with Crippen LogP contribution in [0.4, 0.5) is 0 Å². The summed E-state index contributed by atoms with van der Waals surface area (Å²) in [6, 6.07) is 2.03. The number of quaternary nitrogens is 2. The Morgan fingerprint density at radius 2 is 0.826 bits per heavy atom. The van der Waals surface area contributed by atoms with E-state index in [2.05, 4.69) is 14.1 Å². The summed E-state index contributed by atoms with van der Waals surface area (Å²) in [7, 11) is 5.17. The van der Waals surface area contributed by atoms with Crippen molar-refractivity contribution < 1.29 is 14.4 Å². The maximum atomic E-state index is 2.58. The van der Waals surface area contributed by atoms with Gasteiger partial charge in [0, 0.05) is 25.7 Å². The second-order valence-electron chi connectivity index (χ2n) is 9.75. The molecule has 0 unspecified atom stereocenters. The molecule has 0 bridgehead atoms. The normalized spacial score (nSPS) is 42.0. The Morgan fingerprint density at radius 3 is 1.13 bits per heavy atom. The van der Waals surface area contributed by atoms with Crippen LogP contribution in [-0.4, -0.2) is 66.8 Å². The molecule has 134 valence electrons. The second-order valence-corrected chi connectivity index (χ2v) is 9.75. The standard InChI is InChI=1S/C20H38N2.H2O/c1-21(9-5-3-6-10-21)19-13-17-15-20(16-18(17)14-19)22(2)11-7-4-8-12-22;/h17-20H,3-16H2,1-2H3;1H2/q+2;/t17-,18+,19?,20?;. The number of hydrogen-bond donors (Lipinski definition) is 0. The lowest BCUT2D eigenvalue weighted by molar-refractivity contribution is -0.940. The summed E-state index contributed by atoms with van der Waals surface area (Å²) in [5, 5.41) is 0. The number of rotatable bonds is 2. The molecule has 0 aromatic rings. The molecular weight excluding hydrogens is 284 g/mol. The summed E-state index contributed by atoms with van der Waals surface area (Å²) >= 11 is 0. The van der Waals surface area contributed by atoms with Gasteiger partial charge in [0.2, 0.25) is 0 Å². The van der Waals surface area contributed by atoms with E-state index in [1.807, 2.05) is 0 Å². The van der Waals surface area contributed by atoms with Crippen LogP contribution in [0.1, 0.15) is 64.2 Å². The van der Waals surface area contributed by atoms with E-state index in [-0.39, 0.29) is 5.48 Å². The highest BCUT2D eigenvalue weighted by atomic mass is 16.0. The van der Waals surface area contributed by atoms with Crippen LogP contribution in [-0.2, 0) is 0 Å². The molecular formula is C20H40N2O+2. The Hall–Kier alpha value is -0.120. The van der Waals surface area contributed by atoms with Crippen molar-refractivity contribution in [3.8, 4) is 0 Å². The number of likely N-dealkylation sites (tertiary alicyclic amines) is 2. The van der Waals surface area contributed by atoms with Gasteiger partial charge in [-0.2, -0.15) is 0 Å². The fourth-order valence-electron chi connectivity index (χ4n) is 6.77. The maximum Gasteiger partial charge on any atom is 0.0893 e. The van der Waals surface area contributed by atoms with Crippen LogP contribution in [0.5, 0.6) is 0 Å². The van der Waals surface area contributed by atoms with Crippen molar-refractivity contribution in [3.63, 3.8) is 0 Å². The molecule has 2 saturated carbocycles. The largest absolute Gasteiger partial charge is 0.412 e. The first-order valence-corrected chi connectivity index (χ1v) is 10.3. The molecule has 4 rings (SSSR count). The molecule has 3 nitrogen and oxygen atoms in total. The first-order valence-electron chi connectivity index (χ1n) is 10.3. The number of nitrogens with zero attached hydrogens (tertiary/aromatic N) is 2. The van der Waals surface area contributed by atoms with E-state index < -0.39 is 0 Å². The fraction of sp³-hybridized carbons (Fsp3) is 1.00. The van der Waals surface area contributed by atoms with Gasteiger partial charge in [0.15, 0.2) is 0 Å². The van der Waals surface area contributed by atoms with Gasteiger partial charge in [0.05, 0.1) is 52.4 Å². The predicted octanol–water partition coefficient (Wildman–Crippen LogP) is 2.98. The molecule has 4 aliphatic rings. The number of fused-ring (bicyclic) bond motifs is 1. The molecule has 2 saturated heterocycles. The van der Waals surface area contributed by atoms with Gasteiger partial charge in [-0.15, -0.1) is 0 Å². The van der Waals surface area contributed by atoms with Gasteiger partial charge >= 0.3 is 0 Å². The first kappa shape index (κ1) is 17.7. The zero-order chi connectivity index (χ0) is 15.2. The minimum absolute atomic E-state index is 0. The fourth-order valence-corrected chi connectivity index (χ4v) is 6.77. The maximum absolute atomic E-state index is 2.58. The lowest BCUT2D eigenvalue weighted by Gasteiger charge is -2.45. The first-order chi connectivity index (χ1) is 10.6. The molecule has 4 fully saturated rings. The molecule has 2 aliphatic heterocycles. The van der Waals surface area contributed by atoms with Gasteiger partial charge in [0.1, 0.15) is 0 Å². The second kappa shape index (κ2) is 6.65. The third-order valence-electron chi connectivity index (χ3n) is 8.40. The van der Waals surface area contributed by atoms with Crippen LogP contribution >= 0.6 is 0 Å². The highest BCUT2D eigenvalue weighted by Gasteiger charge is 2.52. The van der Waals surface area contributed by atoms with Crippen molar-refractivity contribution in [2.24, 2.45) is 11.8 Å². The Balaban J connectivity index is 0.00000156. The molecule has 0 aromatic carbocycles. The van der Waals surface area contributed by atoms with Gasteiger partial charge in [-0.05, 0) is 50.4 Å². The summed E-state index contributed by atoms with van der Waals surface area (Å²) in [5.41, 5.74) is 0. The Morgan fingerprint density at radius 1 is 0.522 bits per heavy atom. The zero-order valence-corrected chi connectivity index (χ0v) is 15.6. The smallest absolute Gasteiger partial charge is 0.0893 e. The van der Waals surface area contributed by atoms with Crippen molar-refractivity contribution in [2.75, 3.05) is 40.3 Å². The molecule has 0 spiro atoms. The van der Waals surface area contributed by atoms with Gasteiger partial charge < -0.3 is 14.4 Å². The van der Waals surface area contributed by atoms with E-state index >= 15 is 0 Å². The lowest BCUT2D eigenvalue weighted by atomic mass is 9.98. The number of hydrogen-bond acceptors (Lipinski definition) is 0. The monoisotopic (exact) mass is 324 g/mol. The van der Waals surface area contributed by atoms with Gasteiger partial charge in [-0.1, -0.05) is 0 Å². The van der Waals surface area contributed by atoms with E-state index in [1.165, 1.54) is 73.7 Å². The quantitative estimate of drug-likeness (QED) is 0.700. The minimum atomic E-state index is 0. The van der Waals surface area contributed by atoms with Gasteiger partial charge in [0.25, 0.3) is 0 Å². The van der Waals surface area contributed by atoms with Gasteiger partial charge in [-0.25, -0.2) is 0 Å². The lowest BCUT2D eigenvalue weighted by Crippen LogP contribution is -2.55. The van der Waals surface area contributed by atoms with Crippen LogP contribution in [0, 0.1) is 11.8 Å².